The number of piperazine rings is 1. The van der Waals surface area contributed by atoms with Gasteiger partial charge in [-0.1, -0.05) is 12.1 Å². The number of Topliss-reactive ketones (excluding diaryl/α,β-unsaturated/α-hetero) is 2. The van der Waals surface area contributed by atoms with Gasteiger partial charge >= 0.3 is 0 Å². The molecule has 6 heteroatoms. The number of amides is 1. The molecule has 0 spiro atoms. The first-order valence-electron chi connectivity index (χ1n) is 11.4. The topological polar surface area (TPSA) is 57.7 Å². The zero-order chi connectivity index (χ0) is 22.7. The van der Waals surface area contributed by atoms with Gasteiger partial charge in [-0.25, -0.2) is 4.39 Å². The van der Waals surface area contributed by atoms with Crippen LogP contribution < -0.4 is 4.90 Å². The first-order chi connectivity index (χ1) is 15.4. The van der Waals surface area contributed by atoms with Crippen LogP contribution in [0.1, 0.15) is 64.4 Å². The molecule has 0 aromatic heterocycles. The molecular formula is C26H29FN2O3. The number of anilines is 1. The molecule has 0 atom stereocenters. The summed E-state index contributed by atoms with van der Waals surface area (Å²) in [7, 11) is 0. The number of carbonyl (C=O) groups excluding carboxylic acids is 3. The summed E-state index contributed by atoms with van der Waals surface area (Å²) in [5.74, 6) is -0.620. The Bertz CT molecular complexity index is 1040. The monoisotopic (exact) mass is 436 g/mol. The second-order valence-corrected chi connectivity index (χ2v) is 8.70. The predicted octanol–water partition coefficient (Wildman–Crippen LogP) is 4.22. The highest BCUT2D eigenvalue weighted by Crippen LogP contribution is 2.24. The summed E-state index contributed by atoms with van der Waals surface area (Å²) in [6.07, 6.45) is 4.88. The summed E-state index contributed by atoms with van der Waals surface area (Å²) in [4.78, 5) is 40.3. The summed E-state index contributed by atoms with van der Waals surface area (Å²) < 4.78 is 14.4. The molecule has 4 rings (SSSR count). The number of ketones is 2. The molecule has 32 heavy (non-hydrogen) atoms. The van der Waals surface area contributed by atoms with Crippen LogP contribution in [0, 0.1) is 5.82 Å². The number of benzene rings is 2. The van der Waals surface area contributed by atoms with E-state index >= 15 is 0 Å². The largest absolute Gasteiger partial charge is 0.366 e. The molecule has 1 amide bonds. The summed E-state index contributed by atoms with van der Waals surface area (Å²) in [5.41, 5.74) is 4.11. The molecule has 1 aliphatic heterocycles. The van der Waals surface area contributed by atoms with Gasteiger partial charge in [0.05, 0.1) is 5.69 Å². The van der Waals surface area contributed by atoms with E-state index in [1.165, 1.54) is 37.0 Å². The van der Waals surface area contributed by atoms with Gasteiger partial charge in [0.1, 0.15) is 5.82 Å². The molecule has 1 saturated heterocycles. The fourth-order valence-corrected chi connectivity index (χ4v) is 4.61. The third-order valence-corrected chi connectivity index (χ3v) is 6.56. The number of rotatable bonds is 6. The van der Waals surface area contributed by atoms with E-state index in [4.69, 9.17) is 0 Å². The minimum atomic E-state index is -0.423. The lowest BCUT2D eigenvalue weighted by molar-refractivity contribution is -0.131. The maximum atomic E-state index is 14.4. The molecule has 5 nitrogen and oxygen atoms in total. The zero-order valence-electron chi connectivity index (χ0n) is 18.5. The number of halogens is 1. The highest BCUT2D eigenvalue weighted by Gasteiger charge is 2.24. The van der Waals surface area contributed by atoms with Gasteiger partial charge in [-0.05, 0) is 68.0 Å². The number of carbonyl (C=O) groups is 3. The van der Waals surface area contributed by atoms with Crippen molar-refractivity contribution >= 4 is 23.2 Å². The number of hydrogen-bond acceptors (Lipinski definition) is 4. The van der Waals surface area contributed by atoms with E-state index in [1.54, 1.807) is 17.0 Å². The Hall–Kier alpha value is -3.02. The molecule has 0 bridgehead atoms. The third-order valence-electron chi connectivity index (χ3n) is 6.56. The van der Waals surface area contributed by atoms with Crippen LogP contribution in [-0.2, 0) is 17.6 Å². The van der Waals surface area contributed by atoms with Crippen LogP contribution in [0.3, 0.4) is 0 Å². The van der Waals surface area contributed by atoms with E-state index < -0.39 is 5.82 Å². The molecule has 0 radical (unpaired) electrons. The molecular weight excluding hydrogens is 407 g/mol. The number of hydrogen-bond donors (Lipinski definition) is 0. The van der Waals surface area contributed by atoms with E-state index in [0.29, 0.717) is 43.0 Å². The Balaban J connectivity index is 1.28. The molecule has 168 valence electrons. The number of fused-ring (bicyclic) bond motifs is 1. The molecule has 0 saturated carbocycles. The maximum Gasteiger partial charge on any atom is 0.223 e. The molecule has 2 aliphatic rings. The first kappa shape index (κ1) is 22.2. The average Bonchev–Trinajstić information content (AvgIpc) is 2.82. The summed E-state index contributed by atoms with van der Waals surface area (Å²) in [6.45, 7) is 3.41. The molecule has 1 heterocycles. The highest BCUT2D eigenvalue weighted by molar-refractivity contribution is 5.98. The van der Waals surface area contributed by atoms with Crippen molar-refractivity contribution in [3.63, 3.8) is 0 Å². The van der Waals surface area contributed by atoms with Gasteiger partial charge in [0, 0.05) is 50.1 Å². The molecule has 1 aliphatic carbocycles. The van der Waals surface area contributed by atoms with Gasteiger partial charge in [0.15, 0.2) is 11.6 Å². The number of nitrogens with zero attached hydrogens (tertiary/aromatic N) is 2. The lowest BCUT2D eigenvalue weighted by Gasteiger charge is -2.36. The second kappa shape index (κ2) is 9.63. The lowest BCUT2D eigenvalue weighted by Crippen LogP contribution is -2.49. The molecule has 0 N–H and O–H groups in total. The van der Waals surface area contributed by atoms with E-state index in [-0.39, 0.29) is 30.3 Å². The zero-order valence-corrected chi connectivity index (χ0v) is 18.5. The highest BCUT2D eigenvalue weighted by atomic mass is 19.1. The second-order valence-electron chi connectivity index (χ2n) is 8.70. The van der Waals surface area contributed by atoms with Gasteiger partial charge in [0.2, 0.25) is 5.91 Å². The van der Waals surface area contributed by atoms with Crippen molar-refractivity contribution < 1.29 is 18.8 Å². The van der Waals surface area contributed by atoms with Crippen molar-refractivity contribution in [3.8, 4) is 0 Å². The summed E-state index contributed by atoms with van der Waals surface area (Å²) >= 11 is 0. The van der Waals surface area contributed by atoms with Crippen molar-refractivity contribution in [2.24, 2.45) is 0 Å². The van der Waals surface area contributed by atoms with Gasteiger partial charge in [-0.3, -0.25) is 14.4 Å². The van der Waals surface area contributed by atoms with Crippen LogP contribution >= 0.6 is 0 Å². The van der Waals surface area contributed by atoms with Crippen LogP contribution in [0.2, 0.25) is 0 Å². The van der Waals surface area contributed by atoms with Crippen molar-refractivity contribution in [2.45, 2.75) is 45.4 Å². The van der Waals surface area contributed by atoms with Gasteiger partial charge in [-0.15, -0.1) is 0 Å². The van der Waals surface area contributed by atoms with E-state index in [9.17, 15) is 18.8 Å². The predicted molar refractivity (Wildman–Crippen MR) is 122 cm³/mol. The summed E-state index contributed by atoms with van der Waals surface area (Å²) in [5, 5.41) is 0. The van der Waals surface area contributed by atoms with E-state index in [1.807, 2.05) is 17.0 Å². The minimum absolute atomic E-state index is 0.0120. The Morgan fingerprint density at radius 2 is 1.53 bits per heavy atom. The van der Waals surface area contributed by atoms with Crippen molar-refractivity contribution in [1.29, 1.82) is 0 Å². The van der Waals surface area contributed by atoms with Gasteiger partial charge in [-0.2, -0.15) is 0 Å². The minimum Gasteiger partial charge on any atom is -0.366 e. The molecule has 1 fully saturated rings. The smallest absolute Gasteiger partial charge is 0.223 e. The Labute approximate surface area is 188 Å². The average molecular weight is 437 g/mol. The Kier molecular flexibility index (Phi) is 6.68. The molecule has 2 aromatic carbocycles. The van der Waals surface area contributed by atoms with Crippen LogP contribution in [0.5, 0.6) is 0 Å². The van der Waals surface area contributed by atoms with Gasteiger partial charge < -0.3 is 9.80 Å². The van der Waals surface area contributed by atoms with Crippen molar-refractivity contribution in [2.75, 3.05) is 31.1 Å². The standard InChI is InChI=1S/C26H29FN2O3/c1-18(30)20-8-9-24(23(27)17-20)28-12-14-29(15-13-28)26(32)11-10-25(31)22-7-6-19-4-2-3-5-21(19)16-22/h6-9,16-17H,2-5,10-15H2,1H3. The SMILES string of the molecule is CC(=O)c1ccc(N2CCN(C(=O)CCC(=O)c3ccc4c(c3)CCCC4)CC2)c(F)c1. The van der Waals surface area contributed by atoms with Crippen molar-refractivity contribution in [3.05, 3.63) is 64.5 Å². The van der Waals surface area contributed by atoms with Crippen LogP contribution in [0.15, 0.2) is 36.4 Å². The Morgan fingerprint density at radius 1 is 0.844 bits per heavy atom. The third kappa shape index (κ3) is 4.90. The van der Waals surface area contributed by atoms with E-state index in [0.717, 1.165) is 12.8 Å². The molecule has 0 unspecified atom stereocenters. The Morgan fingerprint density at radius 3 is 2.22 bits per heavy atom. The lowest BCUT2D eigenvalue weighted by atomic mass is 9.89. The maximum absolute atomic E-state index is 14.4. The van der Waals surface area contributed by atoms with Gasteiger partial charge in [0.25, 0.3) is 0 Å². The quantitative estimate of drug-likeness (QED) is 0.637. The van der Waals surface area contributed by atoms with Crippen molar-refractivity contribution in [1.82, 2.24) is 4.90 Å². The van der Waals surface area contributed by atoms with Crippen LogP contribution in [0.25, 0.3) is 0 Å². The van der Waals surface area contributed by atoms with Crippen LogP contribution in [-0.4, -0.2) is 48.6 Å². The normalized spacial score (nSPS) is 15.9. The fourth-order valence-electron chi connectivity index (χ4n) is 4.61. The molecule has 2 aromatic rings. The first-order valence-corrected chi connectivity index (χ1v) is 11.4. The van der Waals surface area contributed by atoms with Crippen LogP contribution in [0.4, 0.5) is 10.1 Å². The summed E-state index contributed by atoms with van der Waals surface area (Å²) in [6, 6.07) is 10.5. The fraction of sp³-hybridized carbons (Fsp3) is 0.423. The number of aryl methyl sites for hydroxylation is 2. The van der Waals surface area contributed by atoms with E-state index in [2.05, 4.69) is 6.07 Å².